The molecular weight excluding hydrogens is 250 g/mol. The lowest BCUT2D eigenvalue weighted by Gasteiger charge is -2.21. The molecule has 1 aromatic rings. The summed E-state index contributed by atoms with van der Waals surface area (Å²) in [5, 5.41) is 28.3. The number of amides is 1. The summed E-state index contributed by atoms with van der Waals surface area (Å²) in [6, 6.07) is 3.50. The number of aliphatic carboxylic acids is 1. The number of aliphatic hydroxyl groups excluding tert-OH is 1. The van der Waals surface area contributed by atoms with Crippen molar-refractivity contribution in [2.45, 2.75) is 25.5 Å². The van der Waals surface area contributed by atoms with Gasteiger partial charge in [0.25, 0.3) is 5.91 Å². The number of carboxylic acids is 1. The van der Waals surface area contributed by atoms with Gasteiger partial charge in [0.1, 0.15) is 11.8 Å². The number of likely N-dealkylation sites (tertiary alicyclic amines) is 1. The highest BCUT2D eigenvalue weighted by Crippen LogP contribution is 2.25. The number of phenolic OH excluding ortho intramolecular Hbond substituents is 1. The average molecular weight is 265 g/mol. The zero-order valence-electron chi connectivity index (χ0n) is 10.4. The Bertz CT molecular complexity index is 528. The van der Waals surface area contributed by atoms with Gasteiger partial charge in [0.05, 0.1) is 11.7 Å². The van der Waals surface area contributed by atoms with Crippen LogP contribution in [0.3, 0.4) is 0 Å². The molecule has 0 saturated carbocycles. The van der Waals surface area contributed by atoms with Crippen molar-refractivity contribution in [1.82, 2.24) is 4.90 Å². The molecule has 0 spiro atoms. The van der Waals surface area contributed by atoms with E-state index in [1.54, 1.807) is 13.0 Å². The number of carbonyl (C=O) groups excluding carboxylic acids is 1. The number of phenols is 1. The Kier molecular flexibility index (Phi) is 3.44. The van der Waals surface area contributed by atoms with Gasteiger partial charge >= 0.3 is 5.97 Å². The van der Waals surface area contributed by atoms with Crippen molar-refractivity contribution in [3.63, 3.8) is 0 Å². The van der Waals surface area contributed by atoms with Crippen molar-refractivity contribution >= 4 is 11.9 Å². The third kappa shape index (κ3) is 2.53. The molecule has 6 heteroatoms. The highest BCUT2D eigenvalue weighted by Gasteiger charge is 2.39. The molecular formula is C13H15NO5. The molecule has 2 atom stereocenters. The third-order valence-corrected chi connectivity index (χ3v) is 3.21. The molecule has 0 aliphatic carbocycles. The number of carbonyl (C=O) groups is 2. The Morgan fingerprint density at radius 1 is 1.37 bits per heavy atom. The van der Waals surface area contributed by atoms with E-state index in [0.717, 1.165) is 10.5 Å². The Morgan fingerprint density at radius 3 is 2.63 bits per heavy atom. The molecule has 0 aromatic heterocycles. The van der Waals surface area contributed by atoms with Crippen LogP contribution >= 0.6 is 0 Å². The predicted octanol–water partition coefficient (Wildman–Crippen LogP) is 0.361. The lowest BCUT2D eigenvalue weighted by molar-refractivity contribution is -0.141. The summed E-state index contributed by atoms with van der Waals surface area (Å²) in [4.78, 5) is 24.4. The number of β-amino-alcohol motifs (C(OH)–C–C–N with tert-alkyl or cyclic N) is 1. The van der Waals surface area contributed by atoms with E-state index in [9.17, 15) is 19.8 Å². The van der Waals surface area contributed by atoms with Crippen LogP contribution in [0.4, 0.5) is 0 Å². The molecule has 1 aliphatic heterocycles. The molecule has 0 radical (unpaired) electrons. The van der Waals surface area contributed by atoms with Crippen molar-refractivity contribution < 1.29 is 24.9 Å². The molecule has 1 amide bonds. The molecule has 1 heterocycles. The van der Waals surface area contributed by atoms with Gasteiger partial charge in [0.2, 0.25) is 0 Å². The van der Waals surface area contributed by atoms with Gasteiger partial charge in [0, 0.05) is 13.0 Å². The minimum Gasteiger partial charge on any atom is -0.507 e. The second-order valence-electron chi connectivity index (χ2n) is 4.72. The smallest absolute Gasteiger partial charge is 0.326 e. The minimum absolute atomic E-state index is 0.00764. The van der Waals surface area contributed by atoms with E-state index >= 15 is 0 Å². The number of aromatic hydroxyl groups is 1. The average Bonchev–Trinajstić information content (AvgIpc) is 2.70. The molecule has 1 aromatic carbocycles. The monoisotopic (exact) mass is 265 g/mol. The highest BCUT2D eigenvalue weighted by atomic mass is 16.4. The molecule has 2 rings (SSSR count). The second-order valence-corrected chi connectivity index (χ2v) is 4.72. The number of hydrogen-bond acceptors (Lipinski definition) is 4. The van der Waals surface area contributed by atoms with Gasteiger partial charge in [-0.2, -0.15) is 0 Å². The SMILES string of the molecule is Cc1ccc(C(=O)N2C[C@@H](O)C[C@H]2C(=O)O)c(O)c1. The molecule has 0 unspecified atom stereocenters. The summed E-state index contributed by atoms with van der Waals surface area (Å²) in [5.74, 6) is -1.92. The third-order valence-electron chi connectivity index (χ3n) is 3.21. The van der Waals surface area contributed by atoms with Crippen molar-refractivity contribution in [3.05, 3.63) is 29.3 Å². The van der Waals surface area contributed by atoms with Crippen LogP contribution in [0.15, 0.2) is 18.2 Å². The van der Waals surface area contributed by atoms with E-state index in [2.05, 4.69) is 0 Å². The van der Waals surface area contributed by atoms with Crippen molar-refractivity contribution in [1.29, 1.82) is 0 Å². The number of nitrogens with zero attached hydrogens (tertiary/aromatic N) is 1. The Labute approximate surface area is 109 Å². The first kappa shape index (κ1) is 13.4. The zero-order chi connectivity index (χ0) is 14.2. The van der Waals surface area contributed by atoms with Gasteiger partial charge in [-0.1, -0.05) is 6.07 Å². The fourth-order valence-electron chi connectivity index (χ4n) is 2.25. The Hall–Kier alpha value is -2.08. The summed E-state index contributed by atoms with van der Waals surface area (Å²) in [6.45, 7) is 1.73. The second kappa shape index (κ2) is 4.89. The van der Waals surface area contributed by atoms with E-state index in [1.165, 1.54) is 12.1 Å². The fraction of sp³-hybridized carbons (Fsp3) is 0.385. The van der Waals surface area contributed by atoms with Crippen LogP contribution in [0.1, 0.15) is 22.3 Å². The molecule has 102 valence electrons. The van der Waals surface area contributed by atoms with Gasteiger partial charge in [-0.05, 0) is 24.6 Å². The number of hydrogen-bond donors (Lipinski definition) is 3. The van der Waals surface area contributed by atoms with E-state index < -0.39 is 24.0 Å². The Morgan fingerprint density at radius 2 is 2.05 bits per heavy atom. The summed E-state index contributed by atoms with van der Waals surface area (Å²) >= 11 is 0. The van der Waals surface area contributed by atoms with Crippen LogP contribution < -0.4 is 0 Å². The summed E-state index contributed by atoms with van der Waals surface area (Å²) in [6.07, 6.45) is -0.842. The first-order valence-electron chi connectivity index (χ1n) is 5.91. The fourth-order valence-corrected chi connectivity index (χ4v) is 2.25. The van der Waals surface area contributed by atoms with Crippen molar-refractivity contribution in [2.24, 2.45) is 0 Å². The van der Waals surface area contributed by atoms with E-state index in [4.69, 9.17) is 5.11 Å². The van der Waals surface area contributed by atoms with E-state index in [1.807, 2.05) is 0 Å². The summed E-state index contributed by atoms with van der Waals surface area (Å²) in [5.41, 5.74) is 0.844. The normalized spacial score (nSPS) is 22.5. The van der Waals surface area contributed by atoms with Crippen molar-refractivity contribution in [3.8, 4) is 5.75 Å². The molecule has 1 saturated heterocycles. The van der Waals surface area contributed by atoms with Gasteiger partial charge in [-0.25, -0.2) is 4.79 Å². The highest BCUT2D eigenvalue weighted by molar-refractivity contribution is 5.99. The summed E-state index contributed by atoms with van der Waals surface area (Å²) in [7, 11) is 0. The Balaban J connectivity index is 2.30. The maximum Gasteiger partial charge on any atom is 0.326 e. The topological polar surface area (TPSA) is 98.1 Å². The van der Waals surface area contributed by atoms with Gasteiger partial charge in [-0.15, -0.1) is 0 Å². The molecule has 3 N–H and O–H groups in total. The minimum atomic E-state index is -1.16. The number of benzene rings is 1. The van der Waals surface area contributed by atoms with Crippen LogP contribution in [0.5, 0.6) is 5.75 Å². The quantitative estimate of drug-likeness (QED) is 0.717. The first-order chi connectivity index (χ1) is 8.90. The number of carboxylic acid groups (broad SMARTS) is 1. The predicted molar refractivity (Wildman–Crippen MR) is 65.9 cm³/mol. The molecule has 1 aliphatic rings. The van der Waals surface area contributed by atoms with Crippen LogP contribution in [0.2, 0.25) is 0 Å². The standard InChI is InChI=1S/C13H15NO5/c1-7-2-3-9(11(16)4-7)12(17)14-6-8(15)5-10(14)13(18)19/h2-4,8,10,15-16H,5-6H2,1H3,(H,18,19)/t8-,10-/m0/s1. The maximum atomic E-state index is 12.2. The zero-order valence-corrected chi connectivity index (χ0v) is 10.4. The lowest BCUT2D eigenvalue weighted by Crippen LogP contribution is -2.40. The largest absolute Gasteiger partial charge is 0.507 e. The molecule has 19 heavy (non-hydrogen) atoms. The maximum absolute atomic E-state index is 12.2. The lowest BCUT2D eigenvalue weighted by atomic mass is 10.1. The van der Waals surface area contributed by atoms with Gasteiger partial charge < -0.3 is 20.2 Å². The van der Waals surface area contributed by atoms with Crippen molar-refractivity contribution in [2.75, 3.05) is 6.54 Å². The van der Waals surface area contributed by atoms with E-state index in [0.29, 0.717) is 0 Å². The van der Waals surface area contributed by atoms with Crippen LogP contribution in [0.25, 0.3) is 0 Å². The van der Waals surface area contributed by atoms with E-state index in [-0.39, 0.29) is 24.3 Å². The van der Waals surface area contributed by atoms with Crippen LogP contribution in [-0.2, 0) is 4.79 Å². The number of aliphatic hydroxyl groups is 1. The summed E-state index contributed by atoms with van der Waals surface area (Å²) < 4.78 is 0. The van der Waals surface area contributed by atoms with Crippen LogP contribution in [-0.4, -0.2) is 50.8 Å². The molecule has 6 nitrogen and oxygen atoms in total. The number of aryl methyl sites for hydroxylation is 1. The van der Waals surface area contributed by atoms with Gasteiger partial charge in [0.15, 0.2) is 0 Å². The number of rotatable bonds is 2. The van der Waals surface area contributed by atoms with Gasteiger partial charge in [-0.3, -0.25) is 4.79 Å². The molecule has 0 bridgehead atoms. The molecule has 1 fully saturated rings. The van der Waals surface area contributed by atoms with Crippen LogP contribution in [0, 0.1) is 6.92 Å². The first-order valence-corrected chi connectivity index (χ1v) is 5.91.